The van der Waals surface area contributed by atoms with Crippen LogP contribution in [0, 0.1) is 0 Å². The summed E-state index contributed by atoms with van der Waals surface area (Å²) in [6.07, 6.45) is 1.28. The largest absolute Gasteiger partial charge is 0.484 e. The highest BCUT2D eigenvalue weighted by Gasteiger charge is 2.12. The Balaban J connectivity index is 1.91. The van der Waals surface area contributed by atoms with E-state index in [2.05, 4.69) is 16.8 Å². The van der Waals surface area contributed by atoms with Gasteiger partial charge in [-0.3, -0.25) is 4.79 Å². The highest BCUT2D eigenvalue weighted by Crippen LogP contribution is 2.20. The zero-order chi connectivity index (χ0) is 15.9. The number of ether oxygens (including phenoxy) is 1. The molecule has 116 valence electrons. The molecule has 0 bridgehead atoms. The number of hydrogen-bond donors (Lipinski definition) is 0. The van der Waals surface area contributed by atoms with Gasteiger partial charge in [0.1, 0.15) is 5.75 Å². The van der Waals surface area contributed by atoms with E-state index in [0.29, 0.717) is 24.7 Å². The molecule has 0 fully saturated rings. The highest BCUT2D eigenvalue weighted by atomic mass is 16.5. The van der Waals surface area contributed by atoms with E-state index in [1.54, 1.807) is 29.2 Å². The molecule has 0 saturated heterocycles. The van der Waals surface area contributed by atoms with E-state index in [9.17, 15) is 4.79 Å². The Hall–Kier alpha value is -2.63. The molecule has 0 atom stereocenters. The topological polar surface area (TPSA) is 68.5 Å². The van der Waals surface area contributed by atoms with Crippen LogP contribution in [0.2, 0.25) is 0 Å². The van der Waals surface area contributed by atoms with Gasteiger partial charge in [-0.15, -0.1) is 10.2 Å². The summed E-state index contributed by atoms with van der Waals surface area (Å²) in [5.74, 6) is 0.996. The van der Waals surface area contributed by atoms with Gasteiger partial charge in [0.2, 0.25) is 12.3 Å². The summed E-state index contributed by atoms with van der Waals surface area (Å²) in [6, 6.07) is 7.14. The molecule has 0 aliphatic heterocycles. The van der Waals surface area contributed by atoms with Gasteiger partial charge >= 0.3 is 0 Å². The molecule has 6 nitrogen and oxygen atoms in total. The predicted molar refractivity (Wildman–Crippen MR) is 82.3 cm³/mol. The van der Waals surface area contributed by atoms with Crippen molar-refractivity contribution >= 4 is 5.91 Å². The SMILES string of the molecule is C=C(C)CN(CC)C(=O)COc1ccc(-c2nnco2)cc1. The Morgan fingerprint density at radius 2 is 2.09 bits per heavy atom. The van der Waals surface area contributed by atoms with Gasteiger partial charge < -0.3 is 14.1 Å². The molecule has 0 saturated carbocycles. The number of likely N-dealkylation sites (N-methyl/N-ethyl adjacent to an activating group) is 1. The van der Waals surface area contributed by atoms with Gasteiger partial charge in [-0.2, -0.15) is 0 Å². The smallest absolute Gasteiger partial charge is 0.260 e. The van der Waals surface area contributed by atoms with Crippen molar-refractivity contribution in [3.8, 4) is 17.2 Å². The third kappa shape index (κ3) is 4.18. The first-order chi connectivity index (χ1) is 10.6. The van der Waals surface area contributed by atoms with Crippen LogP contribution in [-0.2, 0) is 4.79 Å². The summed E-state index contributed by atoms with van der Waals surface area (Å²) in [4.78, 5) is 13.8. The quantitative estimate of drug-likeness (QED) is 0.735. The third-order valence-corrected chi connectivity index (χ3v) is 3.02. The normalized spacial score (nSPS) is 10.3. The molecule has 0 aliphatic rings. The summed E-state index contributed by atoms with van der Waals surface area (Å²) < 4.78 is 10.6. The fourth-order valence-electron chi connectivity index (χ4n) is 1.93. The number of benzene rings is 1. The van der Waals surface area contributed by atoms with Gasteiger partial charge in [-0.05, 0) is 38.1 Å². The van der Waals surface area contributed by atoms with Crippen LogP contribution in [0.1, 0.15) is 13.8 Å². The van der Waals surface area contributed by atoms with Gasteiger partial charge in [0.15, 0.2) is 6.61 Å². The van der Waals surface area contributed by atoms with Crippen LogP contribution in [0.4, 0.5) is 0 Å². The Labute approximate surface area is 129 Å². The van der Waals surface area contributed by atoms with Crippen LogP contribution < -0.4 is 4.74 Å². The van der Waals surface area contributed by atoms with E-state index in [1.165, 1.54) is 6.39 Å². The zero-order valence-corrected chi connectivity index (χ0v) is 12.8. The van der Waals surface area contributed by atoms with E-state index in [1.807, 2.05) is 13.8 Å². The molecule has 2 rings (SSSR count). The maximum atomic E-state index is 12.1. The fourth-order valence-corrected chi connectivity index (χ4v) is 1.93. The summed E-state index contributed by atoms with van der Waals surface area (Å²) in [5.41, 5.74) is 1.74. The lowest BCUT2D eigenvalue weighted by Gasteiger charge is -2.21. The molecule has 1 aromatic heterocycles. The molecule has 1 amide bonds. The standard InChI is InChI=1S/C16H19N3O3/c1-4-19(9-12(2)3)15(20)10-21-14-7-5-13(6-8-14)16-18-17-11-22-16/h5-8,11H,2,4,9-10H2,1,3H3. The molecular formula is C16H19N3O3. The number of rotatable bonds is 7. The molecule has 0 unspecified atom stereocenters. The Kier molecular flexibility index (Phi) is 5.30. The zero-order valence-electron chi connectivity index (χ0n) is 12.8. The first kappa shape index (κ1) is 15.8. The lowest BCUT2D eigenvalue weighted by atomic mass is 10.2. The average Bonchev–Trinajstić information content (AvgIpc) is 3.05. The van der Waals surface area contributed by atoms with Crippen molar-refractivity contribution in [2.45, 2.75) is 13.8 Å². The van der Waals surface area contributed by atoms with Crippen molar-refractivity contribution in [1.29, 1.82) is 0 Å². The van der Waals surface area contributed by atoms with Crippen LogP contribution in [0.25, 0.3) is 11.5 Å². The monoisotopic (exact) mass is 301 g/mol. The Bertz CT molecular complexity index is 621. The molecule has 0 N–H and O–H groups in total. The summed E-state index contributed by atoms with van der Waals surface area (Å²) in [5, 5.41) is 7.45. The van der Waals surface area contributed by atoms with Crippen molar-refractivity contribution in [1.82, 2.24) is 15.1 Å². The molecule has 6 heteroatoms. The second-order valence-corrected chi connectivity index (χ2v) is 4.92. The van der Waals surface area contributed by atoms with E-state index in [-0.39, 0.29) is 12.5 Å². The number of hydrogen-bond acceptors (Lipinski definition) is 5. The van der Waals surface area contributed by atoms with Gasteiger partial charge in [-0.25, -0.2) is 0 Å². The van der Waals surface area contributed by atoms with Crippen molar-refractivity contribution in [3.63, 3.8) is 0 Å². The Morgan fingerprint density at radius 1 is 1.36 bits per heavy atom. The fraction of sp³-hybridized carbons (Fsp3) is 0.312. The molecule has 0 radical (unpaired) electrons. The Morgan fingerprint density at radius 3 is 2.64 bits per heavy atom. The van der Waals surface area contributed by atoms with Crippen molar-refractivity contribution in [2.24, 2.45) is 0 Å². The number of amides is 1. The molecule has 0 spiro atoms. The van der Waals surface area contributed by atoms with Crippen LogP contribution in [0.3, 0.4) is 0 Å². The minimum absolute atomic E-state index is 0.00102. The average molecular weight is 301 g/mol. The van der Waals surface area contributed by atoms with Crippen LogP contribution in [0.15, 0.2) is 47.2 Å². The second-order valence-electron chi connectivity index (χ2n) is 4.92. The number of aromatic nitrogens is 2. The molecule has 0 aliphatic carbocycles. The van der Waals surface area contributed by atoms with Gasteiger partial charge in [-0.1, -0.05) is 12.2 Å². The number of nitrogens with zero attached hydrogens (tertiary/aromatic N) is 3. The van der Waals surface area contributed by atoms with E-state index >= 15 is 0 Å². The molecule has 1 aromatic carbocycles. The van der Waals surface area contributed by atoms with Gasteiger partial charge in [0, 0.05) is 18.7 Å². The summed E-state index contributed by atoms with van der Waals surface area (Å²) in [7, 11) is 0. The van der Waals surface area contributed by atoms with Gasteiger partial charge in [0.05, 0.1) is 0 Å². The maximum absolute atomic E-state index is 12.1. The molecule has 2 aromatic rings. The number of carbonyl (C=O) groups excluding carboxylic acids is 1. The first-order valence-electron chi connectivity index (χ1n) is 7.01. The first-order valence-corrected chi connectivity index (χ1v) is 7.01. The lowest BCUT2D eigenvalue weighted by molar-refractivity contribution is -0.132. The predicted octanol–water partition coefficient (Wildman–Crippen LogP) is 2.54. The van der Waals surface area contributed by atoms with Crippen molar-refractivity contribution < 1.29 is 13.9 Å². The minimum atomic E-state index is -0.0634. The van der Waals surface area contributed by atoms with E-state index in [0.717, 1.165) is 11.1 Å². The highest BCUT2D eigenvalue weighted by molar-refractivity contribution is 5.78. The third-order valence-electron chi connectivity index (χ3n) is 3.02. The van der Waals surface area contributed by atoms with Crippen LogP contribution in [0.5, 0.6) is 5.75 Å². The van der Waals surface area contributed by atoms with Crippen LogP contribution in [-0.4, -0.2) is 40.7 Å². The number of carbonyl (C=O) groups is 1. The molecular weight excluding hydrogens is 282 g/mol. The van der Waals surface area contributed by atoms with Crippen molar-refractivity contribution in [2.75, 3.05) is 19.7 Å². The second kappa shape index (κ2) is 7.40. The van der Waals surface area contributed by atoms with Gasteiger partial charge in [0.25, 0.3) is 5.91 Å². The van der Waals surface area contributed by atoms with Crippen molar-refractivity contribution in [3.05, 3.63) is 42.8 Å². The van der Waals surface area contributed by atoms with E-state index in [4.69, 9.17) is 9.15 Å². The summed E-state index contributed by atoms with van der Waals surface area (Å²) in [6.45, 7) is 8.83. The maximum Gasteiger partial charge on any atom is 0.260 e. The molecule has 22 heavy (non-hydrogen) atoms. The summed E-state index contributed by atoms with van der Waals surface area (Å²) >= 11 is 0. The van der Waals surface area contributed by atoms with Crippen LogP contribution >= 0.6 is 0 Å². The lowest BCUT2D eigenvalue weighted by Crippen LogP contribution is -2.35. The van der Waals surface area contributed by atoms with E-state index < -0.39 is 0 Å². The minimum Gasteiger partial charge on any atom is -0.484 e. The molecule has 1 heterocycles.